The summed E-state index contributed by atoms with van der Waals surface area (Å²) in [7, 11) is -0.952. The Hall–Kier alpha value is -2.15. The topological polar surface area (TPSA) is 73.2 Å². The molecule has 1 aromatic heterocycles. The molecule has 1 atom stereocenters. The van der Waals surface area contributed by atoms with Crippen LogP contribution >= 0.6 is 0 Å². The number of rotatable bonds is 4. The Balaban J connectivity index is 1.98. The van der Waals surface area contributed by atoms with E-state index in [0.29, 0.717) is 35.2 Å². The van der Waals surface area contributed by atoms with E-state index in [4.69, 9.17) is 4.74 Å². The number of nitrogens with zero attached hydrogens (tertiary/aromatic N) is 2. The smallest absolute Gasteiger partial charge is 0.260 e. The number of hydrogen-bond donors (Lipinski definition) is 1. The number of anilines is 1. The van der Waals surface area contributed by atoms with Crippen molar-refractivity contribution in [1.82, 2.24) is 9.78 Å². The highest BCUT2D eigenvalue weighted by Gasteiger charge is 2.31. The normalized spacial score (nSPS) is 16.6. The average molecular weight is 361 g/mol. The monoisotopic (exact) mass is 361 g/mol. The molecule has 0 bridgehead atoms. The summed E-state index contributed by atoms with van der Waals surface area (Å²) in [5.74, 6) is 1.79. The SMILES string of the molecule is CCOc1ccccc1C(=O)Nc1c2c(nn1C(C)(C)C)C[S@](=O)C2. The molecule has 0 unspecified atom stereocenters. The summed E-state index contributed by atoms with van der Waals surface area (Å²) in [6.07, 6.45) is 0. The molecule has 6 nitrogen and oxygen atoms in total. The molecule has 1 aromatic carbocycles. The van der Waals surface area contributed by atoms with Crippen LogP contribution < -0.4 is 10.1 Å². The second kappa shape index (κ2) is 6.63. The van der Waals surface area contributed by atoms with Gasteiger partial charge in [0.25, 0.3) is 5.91 Å². The Kier molecular flexibility index (Phi) is 4.69. The number of amides is 1. The Morgan fingerprint density at radius 2 is 2.04 bits per heavy atom. The lowest BCUT2D eigenvalue weighted by atomic mass is 10.1. The molecule has 1 aliphatic heterocycles. The van der Waals surface area contributed by atoms with E-state index in [1.807, 2.05) is 38.4 Å². The third-order valence-corrected chi connectivity index (χ3v) is 5.17. The van der Waals surface area contributed by atoms with Crippen LogP contribution in [0.15, 0.2) is 24.3 Å². The van der Waals surface area contributed by atoms with Crippen LogP contribution in [0.5, 0.6) is 5.75 Å². The molecule has 3 rings (SSSR count). The van der Waals surface area contributed by atoms with Gasteiger partial charge in [0.05, 0.1) is 34.9 Å². The molecule has 25 heavy (non-hydrogen) atoms. The van der Waals surface area contributed by atoms with Crippen LogP contribution in [0.2, 0.25) is 0 Å². The predicted octanol–water partition coefficient (Wildman–Crippen LogP) is 3.05. The summed E-state index contributed by atoms with van der Waals surface area (Å²) in [6, 6.07) is 7.15. The largest absolute Gasteiger partial charge is 0.493 e. The van der Waals surface area contributed by atoms with Gasteiger partial charge < -0.3 is 10.1 Å². The molecule has 0 spiro atoms. The molecule has 2 heterocycles. The maximum absolute atomic E-state index is 12.9. The van der Waals surface area contributed by atoms with Gasteiger partial charge in [-0.3, -0.25) is 9.00 Å². The van der Waals surface area contributed by atoms with E-state index >= 15 is 0 Å². The first kappa shape index (κ1) is 17.7. The van der Waals surface area contributed by atoms with E-state index in [1.54, 1.807) is 18.2 Å². The Bertz CT molecular complexity index is 837. The van der Waals surface area contributed by atoms with E-state index in [1.165, 1.54) is 0 Å². The minimum absolute atomic E-state index is 0.255. The second-order valence-corrected chi connectivity index (χ2v) is 8.43. The van der Waals surface area contributed by atoms with Crippen molar-refractivity contribution in [3.8, 4) is 5.75 Å². The number of para-hydroxylation sites is 1. The molecule has 7 heteroatoms. The van der Waals surface area contributed by atoms with Crippen LogP contribution in [-0.4, -0.2) is 26.5 Å². The lowest BCUT2D eigenvalue weighted by molar-refractivity contribution is 0.102. The number of fused-ring (bicyclic) bond motifs is 1. The Morgan fingerprint density at radius 3 is 2.72 bits per heavy atom. The summed E-state index contributed by atoms with van der Waals surface area (Å²) >= 11 is 0. The first-order chi connectivity index (χ1) is 11.8. The highest BCUT2D eigenvalue weighted by atomic mass is 32.2. The lowest BCUT2D eigenvalue weighted by Crippen LogP contribution is -2.27. The van der Waals surface area contributed by atoms with Crippen LogP contribution in [0.25, 0.3) is 0 Å². The third kappa shape index (κ3) is 3.46. The quantitative estimate of drug-likeness (QED) is 0.908. The molecular formula is C18H23N3O3S. The fraction of sp³-hybridized carbons (Fsp3) is 0.444. The molecule has 0 saturated carbocycles. The highest BCUT2D eigenvalue weighted by molar-refractivity contribution is 7.83. The summed E-state index contributed by atoms with van der Waals surface area (Å²) in [4.78, 5) is 12.9. The van der Waals surface area contributed by atoms with Gasteiger partial charge in [-0.25, -0.2) is 4.68 Å². The Labute approximate surface area is 150 Å². The number of carbonyl (C=O) groups is 1. The summed E-state index contributed by atoms with van der Waals surface area (Å²) in [5, 5.41) is 7.58. The van der Waals surface area contributed by atoms with E-state index in [2.05, 4.69) is 10.4 Å². The van der Waals surface area contributed by atoms with Gasteiger partial charge in [-0.1, -0.05) is 12.1 Å². The van der Waals surface area contributed by atoms with Crippen LogP contribution in [0.3, 0.4) is 0 Å². The van der Waals surface area contributed by atoms with Crippen molar-refractivity contribution >= 4 is 22.5 Å². The molecule has 0 aliphatic carbocycles. The van der Waals surface area contributed by atoms with Crippen molar-refractivity contribution in [2.45, 2.75) is 44.7 Å². The number of aromatic nitrogens is 2. The van der Waals surface area contributed by atoms with Crippen LogP contribution in [0.1, 0.15) is 49.3 Å². The first-order valence-corrected chi connectivity index (χ1v) is 9.79. The van der Waals surface area contributed by atoms with Crippen LogP contribution in [0, 0.1) is 0 Å². The molecule has 0 fully saturated rings. The predicted molar refractivity (Wildman–Crippen MR) is 98.3 cm³/mol. The number of ether oxygens (including phenoxy) is 1. The molecule has 1 N–H and O–H groups in total. The van der Waals surface area contributed by atoms with Crippen LogP contribution in [-0.2, 0) is 27.8 Å². The zero-order valence-electron chi connectivity index (χ0n) is 15.0. The summed E-state index contributed by atoms with van der Waals surface area (Å²) < 4.78 is 19.3. The molecule has 0 radical (unpaired) electrons. The maximum atomic E-state index is 12.9. The van der Waals surface area contributed by atoms with Gasteiger partial charge in [0.1, 0.15) is 11.6 Å². The number of nitrogens with one attached hydrogen (secondary N) is 1. The average Bonchev–Trinajstić information content (AvgIpc) is 3.05. The van der Waals surface area contributed by atoms with Gasteiger partial charge in [0.2, 0.25) is 0 Å². The number of carbonyl (C=O) groups excluding carboxylic acids is 1. The Morgan fingerprint density at radius 1 is 1.32 bits per heavy atom. The van der Waals surface area contributed by atoms with Crippen molar-refractivity contribution < 1.29 is 13.7 Å². The van der Waals surface area contributed by atoms with E-state index in [0.717, 1.165) is 11.3 Å². The fourth-order valence-electron chi connectivity index (χ4n) is 2.85. The maximum Gasteiger partial charge on any atom is 0.260 e. The van der Waals surface area contributed by atoms with Crippen LogP contribution in [0.4, 0.5) is 5.82 Å². The molecule has 1 amide bonds. The molecule has 0 saturated heterocycles. The number of benzene rings is 1. The van der Waals surface area contributed by atoms with Gasteiger partial charge in [-0.05, 0) is 39.8 Å². The first-order valence-electron chi connectivity index (χ1n) is 8.30. The van der Waals surface area contributed by atoms with Crippen molar-refractivity contribution in [1.29, 1.82) is 0 Å². The molecule has 2 aromatic rings. The second-order valence-electron chi connectivity index (χ2n) is 6.97. The van der Waals surface area contributed by atoms with Gasteiger partial charge >= 0.3 is 0 Å². The van der Waals surface area contributed by atoms with E-state index in [-0.39, 0.29) is 11.4 Å². The van der Waals surface area contributed by atoms with Gasteiger partial charge in [-0.2, -0.15) is 5.10 Å². The fourth-order valence-corrected chi connectivity index (χ4v) is 4.12. The van der Waals surface area contributed by atoms with Crippen molar-refractivity contribution in [2.24, 2.45) is 0 Å². The minimum Gasteiger partial charge on any atom is -0.493 e. The van der Waals surface area contributed by atoms with Gasteiger partial charge in [-0.15, -0.1) is 0 Å². The summed E-state index contributed by atoms with van der Waals surface area (Å²) in [6.45, 7) is 8.44. The third-order valence-electron chi connectivity index (χ3n) is 3.97. The van der Waals surface area contributed by atoms with E-state index < -0.39 is 10.8 Å². The molecule has 1 aliphatic rings. The van der Waals surface area contributed by atoms with Crippen molar-refractivity contribution in [3.63, 3.8) is 0 Å². The summed E-state index contributed by atoms with van der Waals surface area (Å²) in [5.41, 5.74) is 1.85. The lowest BCUT2D eigenvalue weighted by Gasteiger charge is -2.23. The number of hydrogen-bond acceptors (Lipinski definition) is 4. The zero-order valence-corrected chi connectivity index (χ0v) is 15.8. The van der Waals surface area contributed by atoms with E-state index in [9.17, 15) is 9.00 Å². The van der Waals surface area contributed by atoms with Crippen molar-refractivity contribution in [2.75, 3.05) is 11.9 Å². The molecule has 134 valence electrons. The van der Waals surface area contributed by atoms with Gasteiger partial charge in [0, 0.05) is 16.4 Å². The standard InChI is InChI=1S/C18H23N3O3S/c1-5-24-15-9-7-6-8-12(15)17(22)19-16-13-10-25(23)11-14(13)20-21(16)18(2,3)4/h6-9H,5,10-11H2,1-4H3,(H,19,22)/t25-/m1/s1. The zero-order chi connectivity index (χ0) is 18.2. The molecular weight excluding hydrogens is 338 g/mol. The highest BCUT2D eigenvalue weighted by Crippen LogP contribution is 2.33. The minimum atomic E-state index is -0.952. The van der Waals surface area contributed by atoms with Gasteiger partial charge in [0.15, 0.2) is 0 Å². The van der Waals surface area contributed by atoms with Crippen molar-refractivity contribution in [3.05, 3.63) is 41.1 Å².